The van der Waals surface area contributed by atoms with E-state index in [4.69, 9.17) is 4.74 Å². The lowest BCUT2D eigenvalue weighted by Gasteiger charge is -2.18. The molecular formula is C22H23FN2O4. The molecule has 2 aromatic carbocycles. The highest BCUT2D eigenvalue weighted by Crippen LogP contribution is 2.28. The lowest BCUT2D eigenvalue weighted by atomic mass is 10.1. The van der Waals surface area contributed by atoms with Crippen LogP contribution in [-0.2, 0) is 19.1 Å². The molecule has 2 aromatic rings. The van der Waals surface area contributed by atoms with E-state index in [1.807, 2.05) is 32.0 Å². The summed E-state index contributed by atoms with van der Waals surface area (Å²) in [7, 11) is 0. The quantitative estimate of drug-likeness (QED) is 0.784. The molecule has 1 aliphatic heterocycles. The molecule has 3 rings (SSSR count). The van der Waals surface area contributed by atoms with Crippen molar-refractivity contribution in [3.63, 3.8) is 0 Å². The first kappa shape index (κ1) is 20.5. The van der Waals surface area contributed by atoms with Crippen molar-refractivity contribution in [2.45, 2.75) is 33.3 Å². The molecule has 2 amide bonds. The van der Waals surface area contributed by atoms with Crippen molar-refractivity contribution in [3.8, 4) is 0 Å². The lowest BCUT2D eigenvalue weighted by molar-refractivity contribution is -0.157. The molecule has 0 radical (unpaired) electrons. The Morgan fingerprint density at radius 3 is 2.66 bits per heavy atom. The number of nitrogens with one attached hydrogen (secondary N) is 1. The van der Waals surface area contributed by atoms with Gasteiger partial charge in [-0.25, -0.2) is 4.39 Å². The second-order valence-electron chi connectivity index (χ2n) is 7.24. The lowest BCUT2D eigenvalue weighted by Crippen LogP contribution is -2.33. The molecule has 152 valence electrons. The van der Waals surface area contributed by atoms with Gasteiger partial charge in [0.15, 0.2) is 6.10 Å². The molecule has 0 saturated carbocycles. The Morgan fingerprint density at radius 1 is 1.21 bits per heavy atom. The van der Waals surface area contributed by atoms with Crippen molar-refractivity contribution in [3.05, 3.63) is 59.4 Å². The first-order chi connectivity index (χ1) is 13.8. The molecule has 1 saturated heterocycles. The first-order valence-corrected chi connectivity index (χ1v) is 9.39. The maximum atomic E-state index is 14.0. The molecule has 0 aliphatic carbocycles. The Morgan fingerprint density at radius 2 is 1.93 bits per heavy atom. The van der Waals surface area contributed by atoms with E-state index in [-0.39, 0.29) is 24.6 Å². The molecule has 6 nitrogen and oxygen atoms in total. The van der Waals surface area contributed by atoms with Crippen LogP contribution in [0.5, 0.6) is 0 Å². The third-order valence-corrected chi connectivity index (χ3v) is 4.91. The molecule has 0 spiro atoms. The zero-order chi connectivity index (χ0) is 21.1. The van der Waals surface area contributed by atoms with Gasteiger partial charge in [0.1, 0.15) is 5.82 Å². The van der Waals surface area contributed by atoms with Gasteiger partial charge in [-0.15, -0.1) is 0 Å². The van der Waals surface area contributed by atoms with Crippen LogP contribution >= 0.6 is 0 Å². The van der Waals surface area contributed by atoms with E-state index < -0.39 is 29.7 Å². The molecule has 2 atom stereocenters. The fourth-order valence-corrected chi connectivity index (χ4v) is 3.20. The van der Waals surface area contributed by atoms with E-state index in [9.17, 15) is 18.8 Å². The predicted molar refractivity (Wildman–Crippen MR) is 107 cm³/mol. The average Bonchev–Trinajstić information content (AvgIpc) is 3.06. The molecular weight excluding hydrogens is 375 g/mol. The summed E-state index contributed by atoms with van der Waals surface area (Å²) < 4.78 is 19.2. The minimum Gasteiger partial charge on any atom is -0.452 e. The van der Waals surface area contributed by atoms with Crippen LogP contribution in [0.4, 0.5) is 15.8 Å². The number of halogens is 1. The van der Waals surface area contributed by atoms with Crippen LogP contribution in [0.1, 0.15) is 24.5 Å². The van der Waals surface area contributed by atoms with Crippen molar-refractivity contribution in [1.29, 1.82) is 0 Å². The SMILES string of the molecule is Cc1ccc(C)c(NC(=O)[C@@H](C)OC(=O)[C@@H]2CC(=O)N(c3ccccc3F)C2)c1. The van der Waals surface area contributed by atoms with Gasteiger partial charge in [0.2, 0.25) is 5.91 Å². The molecule has 1 N–H and O–H groups in total. The van der Waals surface area contributed by atoms with E-state index in [0.717, 1.165) is 11.1 Å². The zero-order valence-corrected chi connectivity index (χ0v) is 16.6. The van der Waals surface area contributed by atoms with E-state index in [1.165, 1.54) is 30.0 Å². The number of aryl methyl sites for hydroxylation is 2. The highest BCUT2D eigenvalue weighted by atomic mass is 19.1. The summed E-state index contributed by atoms with van der Waals surface area (Å²) in [6.45, 7) is 5.28. The largest absolute Gasteiger partial charge is 0.452 e. The van der Waals surface area contributed by atoms with Gasteiger partial charge in [-0.2, -0.15) is 0 Å². The normalized spacial score (nSPS) is 17.2. The van der Waals surface area contributed by atoms with Crippen LogP contribution in [0.25, 0.3) is 0 Å². The Labute approximate surface area is 168 Å². The molecule has 29 heavy (non-hydrogen) atoms. The molecule has 7 heteroatoms. The second kappa shape index (κ2) is 8.43. The van der Waals surface area contributed by atoms with Gasteiger partial charge < -0.3 is 15.0 Å². The number of anilines is 2. The maximum Gasteiger partial charge on any atom is 0.312 e. The number of carbonyl (C=O) groups excluding carboxylic acids is 3. The summed E-state index contributed by atoms with van der Waals surface area (Å²) in [5.74, 6) is -2.75. The van der Waals surface area contributed by atoms with E-state index in [1.54, 1.807) is 6.07 Å². The minimum atomic E-state index is -1.03. The Kier molecular flexibility index (Phi) is 5.96. The van der Waals surface area contributed by atoms with Crippen LogP contribution in [0, 0.1) is 25.6 Å². The predicted octanol–water partition coefficient (Wildman–Crippen LogP) is 3.37. The number of amides is 2. The van der Waals surface area contributed by atoms with Gasteiger partial charge in [0.25, 0.3) is 5.91 Å². The molecule has 1 heterocycles. The number of benzene rings is 2. The third-order valence-electron chi connectivity index (χ3n) is 4.91. The van der Waals surface area contributed by atoms with Crippen molar-refractivity contribution in [2.75, 3.05) is 16.8 Å². The topological polar surface area (TPSA) is 75.7 Å². The molecule has 0 aromatic heterocycles. The molecule has 1 aliphatic rings. The zero-order valence-electron chi connectivity index (χ0n) is 16.6. The minimum absolute atomic E-state index is 0.0178. The van der Waals surface area contributed by atoms with Gasteiger partial charge in [-0.1, -0.05) is 24.3 Å². The van der Waals surface area contributed by atoms with Gasteiger partial charge in [-0.05, 0) is 50.1 Å². The van der Waals surface area contributed by atoms with Crippen molar-refractivity contribution in [2.24, 2.45) is 5.92 Å². The summed E-state index contributed by atoms with van der Waals surface area (Å²) in [6.07, 6.45) is -1.11. The summed E-state index contributed by atoms with van der Waals surface area (Å²) in [5, 5.41) is 2.75. The Balaban J connectivity index is 1.61. The van der Waals surface area contributed by atoms with E-state index >= 15 is 0 Å². The number of nitrogens with zero attached hydrogens (tertiary/aromatic N) is 1. The number of para-hydroxylation sites is 1. The van der Waals surface area contributed by atoms with Crippen LogP contribution in [-0.4, -0.2) is 30.4 Å². The maximum absolute atomic E-state index is 14.0. The monoisotopic (exact) mass is 398 g/mol. The number of ether oxygens (including phenoxy) is 1. The summed E-state index contributed by atoms with van der Waals surface area (Å²) in [5.41, 5.74) is 2.67. The summed E-state index contributed by atoms with van der Waals surface area (Å²) >= 11 is 0. The Hall–Kier alpha value is -3.22. The van der Waals surface area contributed by atoms with Gasteiger partial charge in [0, 0.05) is 18.7 Å². The Bertz CT molecular complexity index is 960. The second-order valence-corrected chi connectivity index (χ2v) is 7.24. The molecule has 1 fully saturated rings. The van der Waals surface area contributed by atoms with E-state index in [2.05, 4.69) is 5.32 Å². The smallest absolute Gasteiger partial charge is 0.312 e. The average molecular weight is 398 g/mol. The fraction of sp³-hybridized carbons (Fsp3) is 0.318. The van der Waals surface area contributed by atoms with Crippen molar-refractivity contribution >= 4 is 29.2 Å². The van der Waals surface area contributed by atoms with Crippen LogP contribution in [0.3, 0.4) is 0 Å². The fourth-order valence-electron chi connectivity index (χ4n) is 3.20. The molecule has 0 bridgehead atoms. The summed E-state index contributed by atoms with van der Waals surface area (Å²) in [6, 6.07) is 11.6. The number of carbonyl (C=O) groups is 3. The number of hydrogen-bond donors (Lipinski definition) is 1. The van der Waals surface area contributed by atoms with E-state index in [0.29, 0.717) is 5.69 Å². The van der Waals surface area contributed by atoms with Crippen LogP contribution in [0.15, 0.2) is 42.5 Å². The number of esters is 1. The number of hydrogen-bond acceptors (Lipinski definition) is 4. The molecule has 0 unspecified atom stereocenters. The van der Waals surface area contributed by atoms with Crippen molar-refractivity contribution in [1.82, 2.24) is 0 Å². The van der Waals surface area contributed by atoms with Crippen molar-refractivity contribution < 1.29 is 23.5 Å². The van der Waals surface area contributed by atoms with Crippen LogP contribution in [0.2, 0.25) is 0 Å². The van der Waals surface area contributed by atoms with Gasteiger partial charge in [-0.3, -0.25) is 14.4 Å². The number of rotatable bonds is 5. The van der Waals surface area contributed by atoms with Gasteiger partial charge >= 0.3 is 5.97 Å². The highest BCUT2D eigenvalue weighted by molar-refractivity contribution is 6.00. The summed E-state index contributed by atoms with van der Waals surface area (Å²) in [4.78, 5) is 38.4. The third kappa shape index (κ3) is 4.62. The van der Waals surface area contributed by atoms with Gasteiger partial charge in [0.05, 0.1) is 11.6 Å². The van der Waals surface area contributed by atoms with Crippen LogP contribution < -0.4 is 10.2 Å². The highest BCUT2D eigenvalue weighted by Gasteiger charge is 2.38. The standard InChI is InChI=1S/C22H23FN2O4/c1-13-8-9-14(2)18(10-13)24-21(27)15(3)29-22(28)16-11-20(26)25(12-16)19-7-5-4-6-17(19)23/h4-10,15-16H,11-12H2,1-3H3,(H,24,27)/t15-,16-/m1/s1. The first-order valence-electron chi connectivity index (χ1n) is 9.39.